The van der Waals surface area contributed by atoms with Crippen LogP contribution in [-0.4, -0.2) is 36.6 Å². The number of benzene rings is 2. The molecule has 0 bridgehead atoms. The molecule has 0 saturated carbocycles. The van der Waals surface area contributed by atoms with E-state index < -0.39 is 5.97 Å². The predicted molar refractivity (Wildman–Crippen MR) is 100 cm³/mol. The fraction of sp³-hybridized carbons (Fsp3) is 0.435. The van der Waals surface area contributed by atoms with Gasteiger partial charge in [-0.2, -0.15) is 0 Å². The average Bonchev–Trinajstić information content (AvgIpc) is 3.29. The van der Waals surface area contributed by atoms with E-state index in [0.717, 1.165) is 30.5 Å². The molecule has 2 heterocycles. The quantitative estimate of drug-likeness (QED) is 0.644. The molecule has 1 unspecified atom stereocenters. The van der Waals surface area contributed by atoms with Gasteiger partial charge >= 0.3 is 29.6 Å². The number of nitrogens with zero attached hydrogens (tertiary/aromatic N) is 1. The van der Waals surface area contributed by atoms with Crippen LogP contribution in [-0.2, 0) is 16.0 Å². The molecule has 2 aromatic carbocycles. The number of halogens is 1. The Morgan fingerprint density at radius 2 is 1.97 bits per heavy atom. The number of rotatable bonds is 3. The molecule has 0 N–H and O–H groups in total. The Labute approximate surface area is 192 Å². The first kappa shape index (κ1) is 21.0. The van der Waals surface area contributed by atoms with E-state index in [1.165, 1.54) is 17.2 Å². The fourth-order valence-electron chi connectivity index (χ4n) is 5.19. The van der Waals surface area contributed by atoms with E-state index in [9.17, 15) is 14.3 Å². The molecule has 4 atom stereocenters. The second-order valence-corrected chi connectivity index (χ2v) is 8.30. The monoisotopic (exact) mass is 403 g/mol. The Hall–Kier alpha value is -1.24. The summed E-state index contributed by atoms with van der Waals surface area (Å²) >= 11 is 0. The zero-order valence-electron chi connectivity index (χ0n) is 16.6. The molecule has 2 fully saturated rings. The van der Waals surface area contributed by atoms with Gasteiger partial charge in [0, 0.05) is 30.9 Å². The number of hydrogen-bond donors (Lipinski definition) is 0. The summed E-state index contributed by atoms with van der Waals surface area (Å²) in [5.41, 5.74) is 4.66. The van der Waals surface area contributed by atoms with Crippen molar-refractivity contribution < 1.29 is 48.6 Å². The van der Waals surface area contributed by atoms with Crippen molar-refractivity contribution in [1.82, 2.24) is 4.90 Å². The Bertz CT molecular complexity index is 921. The van der Waals surface area contributed by atoms with Gasteiger partial charge in [-0.1, -0.05) is 30.3 Å². The third kappa shape index (κ3) is 4.04. The van der Waals surface area contributed by atoms with E-state index in [2.05, 4.69) is 29.2 Å². The number of carboxylic acid groups (broad SMARTS) is 1. The summed E-state index contributed by atoms with van der Waals surface area (Å²) in [4.78, 5) is 13.3. The van der Waals surface area contributed by atoms with Gasteiger partial charge < -0.3 is 19.5 Å². The van der Waals surface area contributed by atoms with Crippen molar-refractivity contribution in [3.05, 3.63) is 70.5 Å². The molecule has 0 aromatic heterocycles. The summed E-state index contributed by atoms with van der Waals surface area (Å²) in [6.45, 7) is 2.00. The van der Waals surface area contributed by atoms with Crippen LogP contribution in [0.3, 0.4) is 0 Å². The number of carbonyl (C=O) groups excluding carboxylic acids is 1. The normalized spacial score (nSPS) is 28.0. The SMILES string of the molecule is O=C([O-])C1CCN(C[C@@H]2C[C@@H]3c4ccccc4Cc4ccc(F)cc4[C@@H]3O2)C1.[Na+]. The van der Waals surface area contributed by atoms with Crippen molar-refractivity contribution in [2.24, 2.45) is 5.92 Å². The van der Waals surface area contributed by atoms with E-state index in [-0.39, 0.29) is 59.4 Å². The van der Waals surface area contributed by atoms with Crippen molar-refractivity contribution in [3.63, 3.8) is 0 Å². The van der Waals surface area contributed by atoms with Crippen LogP contribution in [0.15, 0.2) is 42.5 Å². The minimum Gasteiger partial charge on any atom is -0.550 e. The summed E-state index contributed by atoms with van der Waals surface area (Å²) in [7, 11) is 0. The Morgan fingerprint density at radius 3 is 2.76 bits per heavy atom. The number of likely N-dealkylation sites (tertiary alicyclic amines) is 1. The second kappa shape index (κ2) is 8.48. The van der Waals surface area contributed by atoms with Crippen LogP contribution < -0.4 is 34.7 Å². The Kier molecular flexibility index (Phi) is 6.14. The molecule has 5 rings (SSSR count). The number of fused-ring (bicyclic) bond motifs is 5. The van der Waals surface area contributed by atoms with Gasteiger partial charge in [-0.3, -0.25) is 0 Å². The van der Waals surface area contributed by atoms with Crippen LogP contribution in [0.5, 0.6) is 0 Å². The minimum atomic E-state index is -0.960. The summed E-state index contributed by atoms with van der Waals surface area (Å²) < 4.78 is 20.5. The third-order valence-corrected chi connectivity index (χ3v) is 6.54. The molecule has 0 spiro atoms. The molecule has 3 aliphatic rings. The van der Waals surface area contributed by atoms with Crippen LogP contribution in [0.2, 0.25) is 0 Å². The van der Waals surface area contributed by atoms with E-state index in [1.54, 1.807) is 6.07 Å². The first-order chi connectivity index (χ1) is 13.6. The van der Waals surface area contributed by atoms with Crippen molar-refractivity contribution in [2.75, 3.05) is 19.6 Å². The van der Waals surface area contributed by atoms with Gasteiger partial charge in [0.1, 0.15) is 5.82 Å². The van der Waals surface area contributed by atoms with Gasteiger partial charge in [0.05, 0.1) is 12.2 Å². The molecular weight excluding hydrogens is 380 g/mol. The van der Waals surface area contributed by atoms with E-state index >= 15 is 0 Å². The van der Waals surface area contributed by atoms with Crippen LogP contribution in [0.1, 0.15) is 47.1 Å². The van der Waals surface area contributed by atoms with Gasteiger partial charge in [-0.25, -0.2) is 4.39 Å². The standard InChI is InChI=1S/C23H24FNO3.Na/c24-17-6-5-15-9-14-3-1-2-4-19(14)21-11-18(28-22(21)20(15)10-17)13-25-8-7-16(12-25)23(26)27;/h1-6,10,16,18,21-22H,7-9,11-13H2,(H,26,27);/q;+1/p-1/t16?,18-,21+,22-;/m0./s1. The number of carboxylic acids is 1. The van der Waals surface area contributed by atoms with Gasteiger partial charge in [-0.05, 0) is 60.2 Å². The fourth-order valence-corrected chi connectivity index (χ4v) is 5.19. The maximum Gasteiger partial charge on any atom is 1.00 e. The molecule has 29 heavy (non-hydrogen) atoms. The maximum absolute atomic E-state index is 14.0. The molecule has 2 aromatic rings. The molecule has 2 aliphatic heterocycles. The van der Waals surface area contributed by atoms with Crippen molar-refractivity contribution in [3.8, 4) is 0 Å². The molecule has 4 nitrogen and oxygen atoms in total. The molecule has 1 aliphatic carbocycles. The first-order valence-electron chi connectivity index (χ1n) is 10.0. The molecule has 146 valence electrons. The number of ether oxygens (including phenoxy) is 1. The van der Waals surface area contributed by atoms with Crippen LogP contribution in [0.25, 0.3) is 0 Å². The first-order valence-corrected chi connectivity index (χ1v) is 10.0. The maximum atomic E-state index is 14.0. The van der Waals surface area contributed by atoms with Crippen molar-refractivity contribution in [2.45, 2.75) is 37.4 Å². The van der Waals surface area contributed by atoms with Crippen LogP contribution in [0, 0.1) is 11.7 Å². The molecular formula is C23H23FNNaO3. The number of carbonyl (C=O) groups is 1. The van der Waals surface area contributed by atoms with E-state index in [1.807, 2.05) is 6.07 Å². The molecule has 0 amide bonds. The molecule has 6 heteroatoms. The van der Waals surface area contributed by atoms with Gasteiger partial charge in [0.25, 0.3) is 0 Å². The summed E-state index contributed by atoms with van der Waals surface area (Å²) in [5, 5.41) is 11.1. The van der Waals surface area contributed by atoms with Gasteiger partial charge in [0.2, 0.25) is 0 Å². The third-order valence-electron chi connectivity index (χ3n) is 6.54. The predicted octanol–water partition coefficient (Wildman–Crippen LogP) is -0.580. The number of hydrogen-bond acceptors (Lipinski definition) is 4. The second-order valence-electron chi connectivity index (χ2n) is 8.30. The molecule has 0 radical (unpaired) electrons. The smallest absolute Gasteiger partial charge is 0.550 e. The number of aliphatic carboxylic acids is 1. The van der Waals surface area contributed by atoms with Crippen molar-refractivity contribution in [1.29, 1.82) is 0 Å². The van der Waals surface area contributed by atoms with E-state index in [0.29, 0.717) is 19.5 Å². The largest absolute Gasteiger partial charge is 1.00 e. The van der Waals surface area contributed by atoms with Gasteiger partial charge in [0.15, 0.2) is 0 Å². The van der Waals surface area contributed by atoms with Crippen molar-refractivity contribution >= 4 is 5.97 Å². The Balaban J connectivity index is 0.00000205. The van der Waals surface area contributed by atoms with Gasteiger partial charge in [-0.15, -0.1) is 0 Å². The summed E-state index contributed by atoms with van der Waals surface area (Å²) in [6.07, 6.45) is 2.16. The van der Waals surface area contributed by atoms with E-state index in [4.69, 9.17) is 4.74 Å². The average molecular weight is 403 g/mol. The van der Waals surface area contributed by atoms with Crippen LogP contribution in [0.4, 0.5) is 4.39 Å². The zero-order valence-corrected chi connectivity index (χ0v) is 18.6. The summed E-state index contributed by atoms with van der Waals surface area (Å²) in [5.74, 6) is -1.38. The topological polar surface area (TPSA) is 52.6 Å². The Morgan fingerprint density at radius 1 is 1.17 bits per heavy atom. The summed E-state index contributed by atoms with van der Waals surface area (Å²) in [6, 6.07) is 13.5. The van der Waals surface area contributed by atoms with Crippen LogP contribution >= 0.6 is 0 Å². The molecule has 2 saturated heterocycles. The zero-order chi connectivity index (χ0) is 19.3. The minimum absolute atomic E-state index is 0.